The summed E-state index contributed by atoms with van der Waals surface area (Å²) in [5.74, 6) is 0.0708. The van der Waals surface area contributed by atoms with Crippen LogP contribution in [0.25, 0.3) is 0 Å². The fourth-order valence-corrected chi connectivity index (χ4v) is 2.45. The predicted octanol–water partition coefficient (Wildman–Crippen LogP) is 4.40. The topological polar surface area (TPSA) is 51.5 Å². The summed E-state index contributed by atoms with van der Waals surface area (Å²) in [6.45, 7) is -2.95. The summed E-state index contributed by atoms with van der Waals surface area (Å²) >= 11 is 0. The van der Waals surface area contributed by atoms with Gasteiger partial charge in [-0.2, -0.15) is 8.78 Å². The van der Waals surface area contributed by atoms with Crippen LogP contribution in [-0.4, -0.2) is 12.5 Å². The number of halogens is 2. The molecular formula is C19H15F2NO3. The fourth-order valence-electron chi connectivity index (χ4n) is 2.45. The highest BCUT2D eigenvalue weighted by molar-refractivity contribution is 5.95. The highest BCUT2D eigenvalue weighted by atomic mass is 19.3. The number of furan rings is 1. The summed E-state index contributed by atoms with van der Waals surface area (Å²) in [4.78, 5) is 12.6. The molecule has 1 atom stereocenters. The Morgan fingerprint density at radius 3 is 2.48 bits per heavy atom. The molecular weight excluding hydrogens is 328 g/mol. The molecule has 3 rings (SSSR count). The minimum atomic E-state index is -2.95. The van der Waals surface area contributed by atoms with Crippen LogP contribution in [0.2, 0.25) is 0 Å². The SMILES string of the molecule is O=C(N[C@H](c1ccccc1)c1ccco1)c1cccc(OC(F)F)c1. The third-order valence-electron chi connectivity index (χ3n) is 3.56. The number of nitrogens with one attached hydrogen (secondary N) is 1. The molecule has 25 heavy (non-hydrogen) atoms. The van der Waals surface area contributed by atoms with Crippen molar-refractivity contribution in [2.24, 2.45) is 0 Å². The number of ether oxygens (including phenoxy) is 1. The molecule has 0 bridgehead atoms. The molecule has 2 aromatic carbocycles. The maximum atomic E-state index is 12.6. The van der Waals surface area contributed by atoms with Gasteiger partial charge in [0, 0.05) is 5.56 Å². The highest BCUT2D eigenvalue weighted by Crippen LogP contribution is 2.23. The molecule has 0 spiro atoms. The van der Waals surface area contributed by atoms with Gasteiger partial charge >= 0.3 is 6.61 Å². The maximum absolute atomic E-state index is 12.6. The van der Waals surface area contributed by atoms with Crippen LogP contribution < -0.4 is 10.1 Å². The van der Waals surface area contributed by atoms with Gasteiger partial charge in [-0.1, -0.05) is 36.4 Å². The molecule has 3 aromatic rings. The van der Waals surface area contributed by atoms with Crippen LogP contribution in [0.3, 0.4) is 0 Å². The molecule has 6 heteroatoms. The van der Waals surface area contributed by atoms with Crippen LogP contribution in [0.5, 0.6) is 5.75 Å². The lowest BCUT2D eigenvalue weighted by Gasteiger charge is -2.17. The predicted molar refractivity (Wildman–Crippen MR) is 87.5 cm³/mol. The second kappa shape index (κ2) is 7.61. The molecule has 1 amide bonds. The van der Waals surface area contributed by atoms with Crippen molar-refractivity contribution in [3.8, 4) is 5.75 Å². The van der Waals surface area contributed by atoms with Gasteiger partial charge in [-0.05, 0) is 35.9 Å². The smallest absolute Gasteiger partial charge is 0.387 e. The van der Waals surface area contributed by atoms with Gasteiger partial charge in [-0.15, -0.1) is 0 Å². The molecule has 1 N–H and O–H groups in total. The lowest BCUT2D eigenvalue weighted by atomic mass is 10.0. The van der Waals surface area contributed by atoms with Gasteiger partial charge in [0.25, 0.3) is 5.91 Å². The highest BCUT2D eigenvalue weighted by Gasteiger charge is 2.20. The molecule has 128 valence electrons. The molecule has 0 radical (unpaired) electrons. The Hall–Kier alpha value is -3.15. The minimum absolute atomic E-state index is 0.0723. The number of carbonyl (C=O) groups excluding carboxylic acids is 1. The van der Waals surface area contributed by atoms with E-state index in [9.17, 15) is 13.6 Å². The van der Waals surface area contributed by atoms with Crippen molar-refractivity contribution >= 4 is 5.91 Å². The molecule has 1 heterocycles. The average Bonchev–Trinajstić information content (AvgIpc) is 3.14. The van der Waals surface area contributed by atoms with Crippen LogP contribution in [0.4, 0.5) is 8.78 Å². The van der Waals surface area contributed by atoms with Crippen molar-refractivity contribution < 1.29 is 22.7 Å². The minimum Gasteiger partial charge on any atom is -0.467 e. The Labute approximate surface area is 143 Å². The molecule has 0 unspecified atom stereocenters. The van der Waals surface area contributed by atoms with Crippen molar-refractivity contribution in [1.82, 2.24) is 5.32 Å². The van der Waals surface area contributed by atoms with Gasteiger partial charge in [0.1, 0.15) is 17.6 Å². The lowest BCUT2D eigenvalue weighted by molar-refractivity contribution is -0.0498. The van der Waals surface area contributed by atoms with Gasteiger partial charge in [-0.3, -0.25) is 4.79 Å². The zero-order chi connectivity index (χ0) is 17.6. The first-order valence-electron chi connectivity index (χ1n) is 7.57. The Morgan fingerprint density at radius 2 is 1.80 bits per heavy atom. The van der Waals surface area contributed by atoms with Crippen molar-refractivity contribution in [3.63, 3.8) is 0 Å². The van der Waals surface area contributed by atoms with Crippen LogP contribution in [0.15, 0.2) is 77.4 Å². The number of hydrogen-bond acceptors (Lipinski definition) is 3. The van der Waals surface area contributed by atoms with E-state index < -0.39 is 18.6 Å². The van der Waals surface area contributed by atoms with E-state index in [4.69, 9.17) is 4.42 Å². The maximum Gasteiger partial charge on any atom is 0.387 e. The van der Waals surface area contributed by atoms with Crippen molar-refractivity contribution in [1.29, 1.82) is 0 Å². The molecule has 1 aromatic heterocycles. The van der Waals surface area contributed by atoms with E-state index >= 15 is 0 Å². The summed E-state index contributed by atoms with van der Waals surface area (Å²) in [6.07, 6.45) is 1.52. The van der Waals surface area contributed by atoms with Crippen LogP contribution >= 0.6 is 0 Å². The second-order valence-electron chi connectivity index (χ2n) is 5.24. The molecule has 0 fully saturated rings. The Balaban J connectivity index is 1.84. The largest absolute Gasteiger partial charge is 0.467 e. The summed E-state index contributed by atoms with van der Waals surface area (Å²) in [7, 11) is 0. The van der Waals surface area contributed by atoms with Crippen molar-refractivity contribution in [2.75, 3.05) is 0 Å². The Bertz CT molecular complexity index is 820. The van der Waals surface area contributed by atoms with E-state index in [1.54, 1.807) is 12.1 Å². The molecule has 0 saturated heterocycles. The zero-order valence-electron chi connectivity index (χ0n) is 13.1. The summed E-state index contributed by atoms with van der Waals surface area (Å²) < 4.78 is 34.4. The standard InChI is InChI=1S/C19H15F2NO3/c20-19(21)25-15-9-4-8-14(12-15)18(23)22-17(16-10-5-11-24-16)13-6-2-1-3-7-13/h1-12,17,19H,(H,22,23)/t17-/m1/s1. The number of amides is 1. The van der Waals surface area contributed by atoms with Crippen molar-refractivity contribution in [3.05, 3.63) is 89.9 Å². The van der Waals surface area contributed by atoms with Crippen LogP contribution in [0, 0.1) is 0 Å². The molecule has 0 aliphatic carbocycles. The monoisotopic (exact) mass is 343 g/mol. The average molecular weight is 343 g/mol. The summed E-state index contributed by atoms with van der Waals surface area (Å²) in [5, 5.41) is 2.86. The van der Waals surface area contributed by atoms with Crippen molar-refractivity contribution in [2.45, 2.75) is 12.7 Å². The van der Waals surface area contributed by atoms with Crippen LogP contribution in [-0.2, 0) is 0 Å². The van der Waals surface area contributed by atoms with Gasteiger partial charge in [0.05, 0.1) is 6.26 Å². The third kappa shape index (κ3) is 4.23. The first-order valence-corrected chi connectivity index (χ1v) is 7.57. The molecule has 0 aliphatic heterocycles. The van der Waals surface area contributed by atoms with E-state index in [-0.39, 0.29) is 11.3 Å². The second-order valence-corrected chi connectivity index (χ2v) is 5.24. The number of rotatable bonds is 6. The lowest BCUT2D eigenvalue weighted by Crippen LogP contribution is -2.29. The van der Waals surface area contributed by atoms with Gasteiger partial charge < -0.3 is 14.5 Å². The number of alkyl halides is 2. The third-order valence-corrected chi connectivity index (χ3v) is 3.56. The van der Waals surface area contributed by atoms with E-state index in [0.717, 1.165) is 5.56 Å². The van der Waals surface area contributed by atoms with E-state index in [1.807, 2.05) is 30.3 Å². The van der Waals surface area contributed by atoms with E-state index in [2.05, 4.69) is 10.1 Å². The normalized spacial score (nSPS) is 12.0. The first-order chi connectivity index (χ1) is 12.1. The number of hydrogen-bond donors (Lipinski definition) is 1. The summed E-state index contributed by atoms with van der Waals surface area (Å²) in [5.41, 5.74) is 1.05. The van der Waals surface area contributed by atoms with Crippen LogP contribution in [0.1, 0.15) is 27.7 Å². The molecule has 4 nitrogen and oxygen atoms in total. The van der Waals surface area contributed by atoms with Gasteiger partial charge in [0.2, 0.25) is 0 Å². The Kier molecular flexibility index (Phi) is 5.09. The Morgan fingerprint density at radius 1 is 1.00 bits per heavy atom. The van der Waals surface area contributed by atoms with E-state index in [1.165, 1.54) is 30.5 Å². The number of carbonyl (C=O) groups is 1. The fraction of sp³-hybridized carbons (Fsp3) is 0.105. The van der Waals surface area contributed by atoms with E-state index in [0.29, 0.717) is 5.76 Å². The van der Waals surface area contributed by atoms with Gasteiger partial charge in [0.15, 0.2) is 0 Å². The summed E-state index contributed by atoms with van der Waals surface area (Å²) in [6, 6.07) is 17.9. The molecule has 0 saturated carbocycles. The molecule has 0 aliphatic rings. The zero-order valence-corrected chi connectivity index (χ0v) is 13.1. The quantitative estimate of drug-likeness (QED) is 0.722. The number of benzene rings is 2. The first kappa shape index (κ1) is 16.7. The van der Waals surface area contributed by atoms with Gasteiger partial charge in [-0.25, -0.2) is 0 Å².